The Labute approximate surface area is 193 Å². The molecule has 2 fully saturated rings. The third-order valence-corrected chi connectivity index (χ3v) is 8.66. The van der Waals surface area contributed by atoms with Gasteiger partial charge in [0.05, 0.1) is 39.8 Å². The number of fused-ring (bicyclic) bond motifs is 1. The predicted molar refractivity (Wildman–Crippen MR) is 127 cm³/mol. The maximum absolute atomic E-state index is 14.0. The standard InChI is InChI=1S/C25H28FN3O3S/c1-17-11-20(29-33(30)9-3-2-4-10-33)14-23-25(17)22(27-16-28-23)12-18-5-6-19(26)13-24(18)32-21-7-8-31-15-21/h5-6,11,13-14,16,21H,2-4,7-10,12,15H2,1H3/t21-/m0/s1. The van der Waals surface area contributed by atoms with Gasteiger partial charge in [-0.25, -0.2) is 18.6 Å². The topological polar surface area (TPSA) is 73.7 Å². The molecule has 0 amide bonds. The van der Waals surface area contributed by atoms with Crippen LogP contribution < -0.4 is 4.74 Å². The van der Waals surface area contributed by atoms with Crippen molar-refractivity contribution in [3.8, 4) is 5.75 Å². The molecule has 2 aromatic carbocycles. The van der Waals surface area contributed by atoms with Crippen LogP contribution in [0.3, 0.4) is 0 Å². The van der Waals surface area contributed by atoms with E-state index in [1.807, 2.05) is 19.1 Å². The first-order valence-electron chi connectivity index (χ1n) is 11.5. The number of ether oxygens (including phenoxy) is 2. The molecule has 2 aliphatic rings. The van der Waals surface area contributed by atoms with Gasteiger partial charge in [0.2, 0.25) is 0 Å². The maximum Gasteiger partial charge on any atom is 0.126 e. The van der Waals surface area contributed by atoms with Gasteiger partial charge in [-0.15, -0.1) is 0 Å². The second-order valence-electron chi connectivity index (χ2n) is 8.84. The molecular formula is C25H28FN3O3S. The van der Waals surface area contributed by atoms with Crippen molar-refractivity contribution in [3.05, 3.63) is 59.3 Å². The van der Waals surface area contributed by atoms with E-state index >= 15 is 0 Å². The molecule has 1 aromatic heterocycles. The molecule has 0 unspecified atom stereocenters. The quantitative estimate of drug-likeness (QED) is 0.519. The molecule has 5 rings (SSSR count). The highest BCUT2D eigenvalue weighted by atomic mass is 32.2. The Bertz CT molecular complexity index is 1290. The Morgan fingerprint density at radius 2 is 2.03 bits per heavy atom. The van der Waals surface area contributed by atoms with Crippen molar-refractivity contribution >= 4 is 26.3 Å². The number of rotatable bonds is 5. The Morgan fingerprint density at radius 3 is 2.82 bits per heavy atom. The summed E-state index contributed by atoms with van der Waals surface area (Å²) in [5.41, 5.74) is 4.16. The molecule has 33 heavy (non-hydrogen) atoms. The molecular weight excluding hydrogens is 441 g/mol. The summed E-state index contributed by atoms with van der Waals surface area (Å²) in [6, 6.07) is 8.49. The summed E-state index contributed by atoms with van der Waals surface area (Å²) in [5, 5.41) is 0.939. The summed E-state index contributed by atoms with van der Waals surface area (Å²) >= 11 is 0. The smallest absolute Gasteiger partial charge is 0.126 e. The first-order chi connectivity index (χ1) is 16.0. The molecule has 0 spiro atoms. The number of halogens is 1. The van der Waals surface area contributed by atoms with Gasteiger partial charge in [-0.3, -0.25) is 0 Å². The molecule has 0 N–H and O–H groups in total. The van der Waals surface area contributed by atoms with E-state index in [2.05, 4.69) is 14.3 Å². The number of benzene rings is 2. The molecule has 2 aliphatic heterocycles. The van der Waals surface area contributed by atoms with Crippen molar-refractivity contribution in [3.63, 3.8) is 0 Å². The zero-order valence-electron chi connectivity index (χ0n) is 18.8. The second kappa shape index (κ2) is 9.35. The SMILES string of the molecule is Cc1cc(N=S2(=O)CCCCC2)cc2ncnc(Cc3ccc(F)cc3O[C@H]3CCOC3)c12. The van der Waals surface area contributed by atoms with Crippen LogP contribution in [-0.4, -0.2) is 45.0 Å². The number of aromatic nitrogens is 2. The lowest BCUT2D eigenvalue weighted by molar-refractivity contribution is 0.140. The van der Waals surface area contributed by atoms with Gasteiger partial charge in [-0.1, -0.05) is 12.5 Å². The van der Waals surface area contributed by atoms with E-state index in [-0.39, 0.29) is 11.9 Å². The van der Waals surface area contributed by atoms with Crippen LogP contribution in [0.4, 0.5) is 10.1 Å². The van der Waals surface area contributed by atoms with Crippen LogP contribution in [0.25, 0.3) is 10.9 Å². The van der Waals surface area contributed by atoms with Crippen LogP contribution in [0, 0.1) is 12.7 Å². The third-order valence-electron chi connectivity index (χ3n) is 6.27. The van der Waals surface area contributed by atoms with E-state index in [0.717, 1.165) is 53.4 Å². The normalized spacial score (nSPS) is 20.1. The number of hydrogen-bond acceptors (Lipinski definition) is 6. The second-order valence-corrected chi connectivity index (χ2v) is 11.4. The van der Waals surface area contributed by atoms with Gasteiger partial charge in [0.1, 0.15) is 24.0 Å². The van der Waals surface area contributed by atoms with Crippen molar-refractivity contribution in [1.82, 2.24) is 9.97 Å². The highest BCUT2D eigenvalue weighted by Crippen LogP contribution is 2.31. The summed E-state index contributed by atoms with van der Waals surface area (Å²) in [6.07, 6.45) is 5.81. The number of nitrogens with zero attached hydrogens (tertiary/aromatic N) is 3. The highest BCUT2D eigenvalue weighted by molar-refractivity contribution is 7.93. The van der Waals surface area contributed by atoms with Crippen molar-refractivity contribution in [2.45, 2.75) is 45.1 Å². The van der Waals surface area contributed by atoms with E-state index in [9.17, 15) is 8.60 Å². The molecule has 3 aromatic rings. The fourth-order valence-corrected chi connectivity index (χ4v) is 6.79. The van der Waals surface area contributed by atoms with E-state index in [0.29, 0.717) is 42.6 Å². The van der Waals surface area contributed by atoms with Gasteiger partial charge in [0.25, 0.3) is 0 Å². The maximum atomic E-state index is 14.0. The van der Waals surface area contributed by atoms with Crippen LogP contribution in [0.1, 0.15) is 42.5 Å². The van der Waals surface area contributed by atoms with Gasteiger partial charge in [-0.05, 0) is 43.5 Å². The first-order valence-corrected chi connectivity index (χ1v) is 13.3. The Kier molecular flexibility index (Phi) is 6.29. The number of hydrogen-bond donors (Lipinski definition) is 0. The zero-order chi connectivity index (χ0) is 22.8. The molecule has 0 radical (unpaired) electrons. The molecule has 0 aliphatic carbocycles. The summed E-state index contributed by atoms with van der Waals surface area (Å²) in [4.78, 5) is 9.01. The van der Waals surface area contributed by atoms with E-state index in [4.69, 9.17) is 9.47 Å². The van der Waals surface area contributed by atoms with E-state index < -0.39 is 9.73 Å². The Morgan fingerprint density at radius 1 is 1.18 bits per heavy atom. The van der Waals surface area contributed by atoms with Crippen LogP contribution >= 0.6 is 0 Å². The molecule has 174 valence electrons. The fraction of sp³-hybridized carbons (Fsp3) is 0.440. The Balaban J connectivity index is 1.50. The van der Waals surface area contributed by atoms with Gasteiger partial charge in [0, 0.05) is 41.4 Å². The lowest BCUT2D eigenvalue weighted by atomic mass is 10.0. The fourth-order valence-electron chi connectivity index (χ4n) is 4.61. The molecule has 6 nitrogen and oxygen atoms in total. The lowest BCUT2D eigenvalue weighted by Gasteiger charge is -2.17. The predicted octanol–water partition coefficient (Wildman–Crippen LogP) is 5.12. The highest BCUT2D eigenvalue weighted by Gasteiger charge is 2.20. The first kappa shape index (κ1) is 22.2. The zero-order valence-corrected chi connectivity index (χ0v) is 19.6. The van der Waals surface area contributed by atoms with Gasteiger partial charge >= 0.3 is 0 Å². The third kappa shape index (κ3) is 5.01. The molecule has 8 heteroatoms. The average molecular weight is 470 g/mol. The molecule has 0 saturated carbocycles. The minimum absolute atomic E-state index is 0.0692. The van der Waals surface area contributed by atoms with Gasteiger partial charge < -0.3 is 9.47 Å². The van der Waals surface area contributed by atoms with Crippen LogP contribution in [0.5, 0.6) is 5.75 Å². The van der Waals surface area contributed by atoms with Crippen LogP contribution in [-0.2, 0) is 20.9 Å². The largest absolute Gasteiger partial charge is 0.488 e. The van der Waals surface area contributed by atoms with E-state index in [1.54, 1.807) is 6.07 Å². The summed E-state index contributed by atoms with van der Waals surface area (Å²) in [7, 11) is -2.19. The lowest BCUT2D eigenvalue weighted by Crippen LogP contribution is -2.17. The number of aryl methyl sites for hydroxylation is 1. The van der Waals surface area contributed by atoms with Crippen molar-refractivity contribution < 1.29 is 18.1 Å². The minimum atomic E-state index is -2.19. The molecule has 3 heterocycles. The summed E-state index contributed by atoms with van der Waals surface area (Å²) in [6.45, 7) is 3.17. The monoisotopic (exact) mass is 469 g/mol. The average Bonchev–Trinajstić information content (AvgIpc) is 3.29. The van der Waals surface area contributed by atoms with Crippen molar-refractivity contribution in [1.29, 1.82) is 0 Å². The summed E-state index contributed by atoms with van der Waals surface area (Å²) in [5.74, 6) is 1.52. The summed E-state index contributed by atoms with van der Waals surface area (Å²) < 4.78 is 43.2. The molecule has 0 bridgehead atoms. The van der Waals surface area contributed by atoms with Crippen LogP contribution in [0.2, 0.25) is 0 Å². The van der Waals surface area contributed by atoms with Crippen molar-refractivity contribution in [2.24, 2.45) is 4.36 Å². The Hall–Kier alpha value is -2.58. The van der Waals surface area contributed by atoms with Gasteiger partial charge in [0.15, 0.2) is 0 Å². The molecule has 1 atom stereocenters. The minimum Gasteiger partial charge on any atom is -0.488 e. The van der Waals surface area contributed by atoms with Crippen molar-refractivity contribution in [2.75, 3.05) is 24.7 Å². The van der Waals surface area contributed by atoms with Crippen LogP contribution in [0.15, 0.2) is 41.0 Å². The molecule has 2 saturated heterocycles. The van der Waals surface area contributed by atoms with Gasteiger partial charge in [-0.2, -0.15) is 4.36 Å². The van der Waals surface area contributed by atoms with E-state index in [1.165, 1.54) is 18.5 Å².